The molecule has 3 aliphatic rings. The van der Waals surface area contributed by atoms with E-state index in [0.29, 0.717) is 0 Å². The fraction of sp³-hybridized carbons (Fsp3) is 1.00. The van der Waals surface area contributed by atoms with E-state index in [-0.39, 0.29) is 5.60 Å². The molecule has 110 valence electrons. The molecule has 0 spiro atoms. The van der Waals surface area contributed by atoms with Crippen molar-refractivity contribution in [1.29, 1.82) is 0 Å². The van der Waals surface area contributed by atoms with Gasteiger partial charge in [0.2, 0.25) is 0 Å². The molecule has 3 aliphatic heterocycles. The molecule has 0 aromatic rings. The van der Waals surface area contributed by atoms with E-state index < -0.39 is 0 Å². The van der Waals surface area contributed by atoms with E-state index in [2.05, 4.69) is 22.0 Å². The summed E-state index contributed by atoms with van der Waals surface area (Å²) in [6, 6.07) is 0.821. The highest BCUT2D eigenvalue weighted by atomic mass is 16.5. The highest BCUT2D eigenvalue weighted by molar-refractivity contribution is 4.90. The van der Waals surface area contributed by atoms with Crippen molar-refractivity contribution in [2.24, 2.45) is 0 Å². The lowest BCUT2D eigenvalue weighted by Gasteiger charge is -2.39. The molecule has 1 N–H and O–H groups in total. The lowest BCUT2D eigenvalue weighted by atomic mass is 10.0. The van der Waals surface area contributed by atoms with E-state index in [0.717, 1.165) is 32.3 Å². The van der Waals surface area contributed by atoms with Crippen molar-refractivity contribution in [2.45, 2.75) is 44.2 Å². The number of likely N-dealkylation sites (tertiary alicyclic amines) is 2. The summed E-state index contributed by atoms with van der Waals surface area (Å²) in [4.78, 5) is 5.32. The summed E-state index contributed by atoms with van der Waals surface area (Å²) in [5.41, 5.74) is 0.117. The zero-order chi connectivity index (χ0) is 13.1. The van der Waals surface area contributed by atoms with Gasteiger partial charge in [0.25, 0.3) is 0 Å². The second-order valence-corrected chi connectivity index (χ2v) is 6.74. The van der Waals surface area contributed by atoms with Gasteiger partial charge in [-0.3, -0.25) is 9.80 Å². The molecule has 0 saturated carbocycles. The van der Waals surface area contributed by atoms with Gasteiger partial charge in [-0.15, -0.1) is 0 Å². The molecular formula is C15H29N3O. The molecule has 0 amide bonds. The Hall–Kier alpha value is -0.160. The first-order valence-corrected chi connectivity index (χ1v) is 8.06. The fourth-order valence-corrected chi connectivity index (χ4v) is 3.60. The molecule has 1 atom stereocenters. The Morgan fingerprint density at radius 1 is 1.16 bits per heavy atom. The summed E-state index contributed by atoms with van der Waals surface area (Å²) in [5, 5.41) is 3.28. The van der Waals surface area contributed by atoms with Crippen molar-refractivity contribution < 1.29 is 4.74 Å². The second kappa shape index (κ2) is 6.08. The molecule has 0 aliphatic carbocycles. The zero-order valence-electron chi connectivity index (χ0n) is 12.4. The van der Waals surface area contributed by atoms with Crippen molar-refractivity contribution in [3.8, 4) is 0 Å². The molecule has 0 aromatic carbocycles. The highest BCUT2D eigenvalue weighted by Gasteiger charge is 2.33. The summed E-state index contributed by atoms with van der Waals surface area (Å²) in [6.45, 7) is 11.4. The normalized spacial score (nSPS) is 32.4. The Morgan fingerprint density at radius 3 is 2.63 bits per heavy atom. The molecule has 4 nitrogen and oxygen atoms in total. The van der Waals surface area contributed by atoms with E-state index in [1.54, 1.807) is 0 Å². The van der Waals surface area contributed by atoms with E-state index in [4.69, 9.17) is 4.74 Å². The third kappa shape index (κ3) is 3.48. The first kappa shape index (κ1) is 13.8. The Balaban J connectivity index is 1.34. The van der Waals surface area contributed by atoms with Crippen molar-refractivity contribution in [3.05, 3.63) is 0 Å². The monoisotopic (exact) mass is 267 g/mol. The van der Waals surface area contributed by atoms with Gasteiger partial charge in [0.05, 0.1) is 12.2 Å². The summed E-state index contributed by atoms with van der Waals surface area (Å²) >= 11 is 0. The van der Waals surface area contributed by atoms with E-state index in [9.17, 15) is 0 Å². The van der Waals surface area contributed by atoms with Crippen LogP contribution in [-0.2, 0) is 4.74 Å². The van der Waals surface area contributed by atoms with Gasteiger partial charge >= 0.3 is 0 Å². The van der Waals surface area contributed by atoms with Crippen LogP contribution in [0, 0.1) is 0 Å². The molecule has 3 saturated heterocycles. The first-order chi connectivity index (χ1) is 9.25. The first-order valence-electron chi connectivity index (χ1n) is 8.06. The largest absolute Gasteiger partial charge is 0.371 e. The van der Waals surface area contributed by atoms with Crippen LogP contribution in [0.4, 0.5) is 0 Å². The average molecular weight is 267 g/mol. The van der Waals surface area contributed by atoms with Gasteiger partial charge < -0.3 is 10.1 Å². The molecule has 1 unspecified atom stereocenters. The number of rotatable bonds is 5. The van der Waals surface area contributed by atoms with Crippen LogP contribution in [0.25, 0.3) is 0 Å². The van der Waals surface area contributed by atoms with Crippen molar-refractivity contribution in [3.63, 3.8) is 0 Å². The number of nitrogens with one attached hydrogen (secondary N) is 1. The van der Waals surface area contributed by atoms with Crippen LogP contribution in [0.2, 0.25) is 0 Å². The molecule has 19 heavy (non-hydrogen) atoms. The van der Waals surface area contributed by atoms with E-state index in [1.165, 1.54) is 51.9 Å². The zero-order valence-corrected chi connectivity index (χ0v) is 12.4. The summed E-state index contributed by atoms with van der Waals surface area (Å²) in [7, 11) is 0. The van der Waals surface area contributed by atoms with Crippen LogP contribution in [0.3, 0.4) is 0 Å². The van der Waals surface area contributed by atoms with E-state index in [1.807, 2.05) is 0 Å². The summed E-state index contributed by atoms with van der Waals surface area (Å²) in [5.74, 6) is 0. The Kier molecular flexibility index (Phi) is 4.42. The minimum atomic E-state index is 0.117. The maximum Gasteiger partial charge on any atom is 0.0902 e. The number of piperidine rings is 1. The predicted octanol–water partition coefficient (Wildman–Crippen LogP) is 0.925. The van der Waals surface area contributed by atoms with Gasteiger partial charge in [-0.25, -0.2) is 0 Å². The molecule has 4 heteroatoms. The minimum Gasteiger partial charge on any atom is -0.371 e. The SMILES string of the molecule is CC1(OCCN2CCC(N3CCCCC3)C2)CNC1. The van der Waals surface area contributed by atoms with Gasteiger partial charge in [-0.1, -0.05) is 6.42 Å². The molecule has 3 rings (SSSR count). The summed E-state index contributed by atoms with van der Waals surface area (Å²) < 4.78 is 5.99. The van der Waals surface area contributed by atoms with Crippen LogP contribution in [-0.4, -0.2) is 73.9 Å². The van der Waals surface area contributed by atoms with Crippen LogP contribution in [0.15, 0.2) is 0 Å². The van der Waals surface area contributed by atoms with Gasteiger partial charge in [0.15, 0.2) is 0 Å². The lowest BCUT2D eigenvalue weighted by molar-refractivity contribution is -0.0712. The quantitative estimate of drug-likeness (QED) is 0.802. The van der Waals surface area contributed by atoms with Gasteiger partial charge in [0.1, 0.15) is 0 Å². The molecular weight excluding hydrogens is 238 g/mol. The standard InChI is InChI=1S/C15H29N3O/c1-15(12-16-13-15)19-10-9-17-8-5-14(11-17)18-6-3-2-4-7-18/h14,16H,2-13H2,1H3. The Morgan fingerprint density at radius 2 is 1.95 bits per heavy atom. The Bertz CT molecular complexity index is 287. The smallest absolute Gasteiger partial charge is 0.0902 e. The van der Waals surface area contributed by atoms with Crippen LogP contribution in [0.5, 0.6) is 0 Å². The summed E-state index contributed by atoms with van der Waals surface area (Å²) in [6.07, 6.45) is 5.61. The van der Waals surface area contributed by atoms with Gasteiger partial charge in [0, 0.05) is 32.2 Å². The number of nitrogens with zero attached hydrogens (tertiary/aromatic N) is 2. The molecule has 0 aromatic heterocycles. The maximum absolute atomic E-state index is 5.99. The molecule has 0 radical (unpaired) electrons. The number of hydrogen-bond donors (Lipinski definition) is 1. The van der Waals surface area contributed by atoms with Crippen molar-refractivity contribution in [1.82, 2.24) is 15.1 Å². The van der Waals surface area contributed by atoms with Crippen molar-refractivity contribution in [2.75, 3.05) is 52.4 Å². The van der Waals surface area contributed by atoms with E-state index >= 15 is 0 Å². The van der Waals surface area contributed by atoms with Gasteiger partial charge in [-0.05, 0) is 45.8 Å². The van der Waals surface area contributed by atoms with Gasteiger partial charge in [-0.2, -0.15) is 0 Å². The number of ether oxygens (including phenoxy) is 1. The molecule has 0 bridgehead atoms. The Labute approximate surface area is 117 Å². The van der Waals surface area contributed by atoms with Crippen LogP contribution < -0.4 is 5.32 Å². The van der Waals surface area contributed by atoms with Crippen LogP contribution in [0.1, 0.15) is 32.6 Å². The van der Waals surface area contributed by atoms with Crippen LogP contribution >= 0.6 is 0 Å². The maximum atomic E-state index is 5.99. The highest BCUT2D eigenvalue weighted by Crippen LogP contribution is 2.20. The minimum absolute atomic E-state index is 0.117. The molecule has 3 fully saturated rings. The fourth-order valence-electron chi connectivity index (χ4n) is 3.60. The topological polar surface area (TPSA) is 27.7 Å². The average Bonchev–Trinajstić information content (AvgIpc) is 2.87. The second-order valence-electron chi connectivity index (χ2n) is 6.74. The molecule has 3 heterocycles. The lowest BCUT2D eigenvalue weighted by Crippen LogP contribution is -2.59. The third-order valence-electron chi connectivity index (χ3n) is 5.01. The van der Waals surface area contributed by atoms with Crippen molar-refractivity contribution >= 4 is 0 Å². The number of hydrogen-bond acceptors (Lipinski definition) is 4. The third-order valence-corrected chi connectivity index (χ3v) is 5.01. The predicted molar refractivity (Wildman–Crippen MR) is 77.5 cm³/mol.